The van der Waals surface area contributed by atoms with Crippen molar-refractivity contribution >= 4 is 0 Å². The Balaban J connectivity index is 1.81. The predicted molar refractivity (Wildman–Crippen MR) is 79.5 cm³/mol. The third kappa shape index (κ3) is 3.91. The van der Waals surface area contributed by atoms with E-state index in [4.69, 9.17) is 4.74 Å². The molecule has 19 heavy (non-hydrogen) atoms. The van der Waals surface area contributed by atoms with E-state index in [0.29, 0.717) is 18.0 Å². The summed E-state index contributed by atoms with van der Waals surface area (Å²) < 4.78 is 5.68. The minimum absolute atomic E-state index is 0.564. The molecule has 4 atom stereocenters. The summed E-state index contributed by atoms with van der Waals surface area (Å²) in [6, 6.07) is 1.28. The van der Waals surface area contributed by atoms with Gasteiger partial charge in [0.05, 0.1) is 13.2 Å². The second kappa shape index (κ2) is 7.02. The fourth-order valence-electron chi connectivity index (χ4n) is 3.53. The average Bonchev–Trinajstić information content (AvgIpc) is 2.94. The van der Waals surface area contributed by atoms with Gasteiger partial charge in [-0.2, -0.15) is 0 Å². The van der Waals surface area contributed by atoms with E-state index < -0.39 is 0 Å². The molecule has 2 fully saturated rings. The molecule has 4 nitrogen and oxygen atoms in total. The fourth-order valence-corrected chi connectivity index (χ4v) is 3.53. The van der Waals surface area contributed by atoms with Crippen molar-refractivity contribution in [2.24, 2.45) is 11.8 Å². The lowest BCUT2D eigenvalue weighted by molar-refractivity contribution is 0.171. The molecule has 2 aliphatic heterocycles. The van der Waals surface area contributed by atoms with Crippen LogP contribution in [0.25, 0.3) is 0 Å². The Bertz CT molecular complexity index is 272. The summed E-state index contributed by atoms with van der Waals surface area (Å²) in [7, 11) is 4.41. The second-order valence-electron chi connectivity index (χ2n) is 6.58. The normalized spacial score (nSPS) is 36.5. The molecular weight excluding hydrogens is 238 g/mol. The Labute approximate surface area is 118 Å². The van der Waals surface area contributed by atoms with Crippen LogP contribution in [0, 0.1) is 11.8 Å². The molecule has 0 saturated carbocycles. The van der Waals surface area contributed by atoms with Crippen molar-refractivity contribution in [2.45, 2.75) is 32.4 Å². The number of hydrogen-bond donors (Lipinski definition) is 1. The molecular formula is C15H31N3O. The molecule has 0 aromatic carbocycles. The van der Waals surface area contributed by atoms with Gasteiger partial charge in [-0.15, -0.1) is 0 Å². The van der Waals surface area contributed by atoms with Crippen LogP contribution in [-0.4, -0.2) is 75.4 Å². The third-order valence-electron chi connectivity index (χ3n) is 4.66. The van der Waals surface area contributed by atoms with E-state index in [9.17, 15) is 0 Å². The lowest BCUT2D eigenvalue weighted by Crippen LogP contribution is -2.42. The maximum absolute atomic E-state index is 5.68. The summed E-state index contributed by atoms with van der Waals surface area (Å²) in [5.74, 6) is 1.44. The van der Waals surface area contributed by atoms with Crippen LogP contribution in [0.2, 0.25) is 0 Å². The second-order valence-corrected chi connectivity index (χ2v) is 6.58. The van der Waals surface area contributed by atoms with Crippen molar-refractivity contribution in [1.82, 2.24) is 15.1 Å². The van der Waals surface area contributed by atoms with Crippen LogP contribution in [0.4, 0.5) is 0 Å². The number of nitrogens with zero attached hydrogens (tertiary/aromatic N) is 2. The van der Waals surface area contributed by atoms with Gasteiger partial charge < -0.3 is 19.9 Å². The summed E-state index contributed by atoms with van der Waals surface area (Å²) in [5, 5.41) is 3.64. The van der Waals surface area contributed by atoms with E-state index >= 15 is 0 Å². The number of hydrogen-bond acceptors (Lipinski definition) is 4. The van der Waals surface area contributed by atoms with Gasteiger partial charge in [-0.1, -0.05) is 13.8 Å². The van der Waals surface area contributed by atoms with Crippen LogP contribution in [0.5, 0.6) is 0 Å². The van der Waals surface area contributed by atoms with Crippen LogP contribution < -0.4 is 5.32 Å². The molecule has 112 valence electrons. The third-order valence-corrected chi connectivity index (χ3v) is 4.66. The van der Waals surface area contributed by atoms with E-state index in [1.54, 1.807) is 0 Å². The maximum atomic E-state index is 5.68. The van der Waals surface area contributed by atoms with Gasteiger partial charge in [0.25, 0.3) is 0 Å². The van der Waals surface area contributed by atoms with Gasteiger partial charge in [-0.3, -0.25) is 0 Å². The van der Waals surface area contributed by atoms with Crippen molar-refractivity contribution in [1.29, 1.82) is 0 Å². The first-order valence-corrected chi connectivity index (χ1v) is 7.81. The maximum Gasteiger partial charge on any atom is 0.0623 e. The molecule has 2 aliphatic rings. The van der Waals surface area contributed by atoms with Crippen LogP contribution in [-0.2, 0) is 4.74 Å². The molecule has 4 heteroatoms. The quantitative estimate of drug-likeness (QED) is 0.775. The lowest BCUT2D eigenvalue weighted by Gasteiger charge is -2.25. The highest BCUT2D eigenvalue weighted by molar-refractivity contribution is 4.90. The summed E-state index contributed by atoms with van der Waals surface area (Å²) in [6.45, 7) is 11.2. The summed E-state index contributed by atoms with van der Waals surface area (Å²) in [5.41, 5.74) is 0. The van der Waals surface area contributed by atoms with E-state index in [1.807, 2.05) is 0 Å². The molecule has 1 N–H and O–H groups in total. The van der Waals surface area contributed by atoms with Gasteiger partial charge in [0.1, 0.15) is 0 Å². The first kappa shape index (κ1) is 15.2. The molecule has 0 radical (unpaired) electrons. The van der Waals surface area contributed by atoms with E-state index in [0.717, 1.165) is 25.7 Å². The Kier molecular flexibility index (Phi) is 5.63. The van der Waals surface area contributed by atoms with E-state index in [1.165, 1.54) is 26.1 Å². The summed E-state index contributed by atoms with van der Waals surface area (Å²) >= 11 is 0. The van der Waals surface area contributed by atoms with Crippen molar-refractivity contribution in [3.63, 3.8) is 0 Å². The molecule has 0 amide bonds. The number of rotatable bonds is 6. The highest BCUT2D eigenvalue weighted by Crippen LogP contribution is 2.23. The van der Waals surface area contributed by atoms with Crippen LogP contribution >= 0.6 is 0 Å². The largest absolute Gasteiger partial charge is 0.379 e. The number of likely N-dealkylation sites (N-methyl/N-ethyl adjacent to an activating group) is 1. The number of nitrogens with one attached hydrogen (secondary N) is 1. The molecule has 0 aliphatic carbocycles. The van der Waals surface area contributed by atoms with Gasteiger partial charge >= 0.3 is 0 Å². The van der Waals surface area contributed by atoms with Gasteiger partial charge in [0, 0.05) is 37.6 Å². The van der Waals surface area contributed by atoms with Crippen LogP contribution in [0.15, 0.2) is 0 Å². The predicted octanol–water partition coefficient (Wildman–Crippen LogP) is 0.883. The van der Waals surface area contributed by atoms with Crippen molar-refractivity contribution in [3.05, 3.63) is 0 Å². The lowest BCUT2D eigenvalue weighted by atomic mass is 10.0. The Morgan fingerprint density at radius 3 is 2.68 bits per heavy atom. The van der Waals surface area contributed by atoms with Gasteiger partial charge in [-0.05, 0) is 33.0 Å². The number of likely N-dealkylation sites (tertiary alicyclic amines) is 1. The van der Waals surface area contributed by atoms with E-state index in [2.05, 4.69) is 43.1 Å². The highest BCUT2D eigenvalue weighted by atomic mass is 16.5. The molecule has 2 saturated heterocycles. The zero-order chi connectivity index (χ0) is 13.8. The highest BCUT2D eigenvalue weighted by Gasteiger charge is 2.35. The Morgan fingerprint density at radius 1 is 1.26 bits per heavy atom. The molecule has 0 spiro atoms. The van der Waals surface area contributed by atoms with Crippen LogP contribution in [0.1, 0.15) is 20.3 Å². The molecule has 2 heterocycles. The standard InChI is InChI=1S/C15H31N3O/c1-5-6-16-14-11-19-10-13(14)8-18-7-12(2)15(9-18)17(3)4/h12-16H,5-11H2,1-4H3. The monoisotopic (exact) mass is 269 g/mol. The van der Waals surface area contributed by atoms with Crippen molar-refractivity contribution < 1.29 is 4.74 Å². The zero-order valence-corrected chi connectivity index (χ0v) is 13.1. The summed E-state index contributed by atoms with van der Waals surface area (Å²) in [4.78, 5) is 5.01. The fraction of sp³-hybridized carbons (Fsp3) is 1.00. The van der Waals surface area contributed by atoms with Gasteiger partial charge in [-0.25, -0.2) is 0 Å². The Morgan fingerprint density at radius 2 is 2.05 bits per heavy atom. The summed E-state index contributed by atoms with van der Waals surface area (Å²) in [6.07, 6.45) is 1.20. The minimum Gasteiger partial charge on any atom is -0.379 e. The van der Waals surface area contributed by atoms with E-state index in [-0.39, 0.29) is 0 Å². The zero-order valence-electron chi connectivity index (χ0n) is 13.1. The Hall–Kier alpha value is -0.160. The number of ether oxygens (including phenoxy) is 1. The molecule has 2 rings (SSSR count). The SMILES string of the molecule is CCCNC1COCC1CN1CC(C)C(N(C)C)C1. The topological polar surface area (TPSA) is 27.7 Å². The van der Waals surface area contributed by atoms with Crippen molar-refractivity contribution in [2.75, 3.05) is 53.5 Å². The first-order valence-electron chi connectivity index (χ1n) is 7.81. The first-order chi connectivity index (χ1) is 9.11. The molecule has 0 bridgehead atoms. The van der Waals surface area contributed by atoms with Crippen molar-refractivity contribution in [3.8, 4) is 0 Å². The van der Waals surface area contributed by atoms with Gasteiger partial charge in [0.2, 0.25) is 0 Å². The van der Waals surface area contributed by atoms with Gasteiger partial charge in [0.15, 0.2) is 0 Å². The molecule has 0 aromatic rings. The molecule has 4 unspecified atom stereocenters. The van der Waals surface area contributed by atoms with Crippen LogP contribution in [0.3, 0.4) is 0 Å². The average molecular weight is 269 g/mol. The smallest absolute Gasteiger partial charge is 0.0623 e. The minimum atomic E-state index is 0.564. The molecule has 0 aromatic heterocycles.